The van der Waals surface area contributed by atoms with Gasteiger partial charge < -0.3 is 9.55 Å². The summed E-state index contributed by atoms with van der Waals surface area (Å²) in [6.07, 6.45) is 6.11. The zero-order valence-electron chi connectivity index (χ0n) is 18.5. The Kier molecular flexibility index (Phi) is 4.51. The summed E-state index contributed by atoms with van der Waals surface area (Å²) in [4.78, 5) is 3.48. The number of allylic oxidation sites excluding steroid dienone is 1. The van der Waals surface area contributed by atoms with Gasteiger partial charge in [0, 0.05) is 38.6 Å². The lowest BCUT2D eigenvalue weighted by Gasteiger charge is -2.08. The van der Waals surface area contributed by atoms with E-state index in [1.54, 1.807) is 0 Å². The average molecular weight is 425 g/mol. The molecule has 0 fully saturated rings. The fraction of sp³-hybridized carbons (Fsp3) is 0.0323. The van der Waals surface area contributed by atoms with Crippen LogP contribution in [0.4, 0.5) is 0 Å². The number of benzene rings is 4. The molecule has 0 saturated heterocycles. The number of nitrogens with zero attached hydrogens (tertiary/aromatic N) is 1. The molecule has 2 heteroatoms. The Hall–Kier alpha value is -4.30. The van der Waals surface area contributed by atoms with Crippen molar-refractivity contribution >= 4 is 44.9 Å². The van der Waals surface area contributed by atoms with E-state index in [0.717, 1.165) is 11.2 Å². The van der Waals surface area contributed by atoms with E-state index in [1.165, 1.54) is 49.6 Å². The third-order valence-electron chi connectivity index (χ3n) is 6.43. The van der Waals surface area contributed by atoms with E-state index >= 15 is 0 Å². The smallest absolute Gasteiger partial charge is 0.0541 e. The Bertz CT molecular complexity index is 1680. The molecular weight excluding hydrogens is 400 g/mol. The molecule has 6 rings (SSSR count). The van der Waals surface area contributed by atoms with E-state index in [-0.39, 0.29) is 0 Å². The van der Waals surface area contributed by atoms with Gasteiger partial charge in [-0.1, -0.05) is 67.3 Å². The third kappa shape index (κ3) is 3.03. The van der Waals surface area contributed by atoms with E-state index in [9.17, 15) is 0 Å². The van der Waals surface area contributed by atoms with Gasteiger partial charge in [-0.25, -0.2) is 0 Å². The van der Waals surface area contributed by atoms with Crippen molar-refractivity contribution < 1.29 is 0 Å². The van der Waals surface area contributed by atoms with E-state index in [2.05, 4.69) is 119 Å². The highest BCUT2D eigenvalue weighted by Gasteiger charge is 2.14. The summed E-state index contributed by atoms with van der Waals surface area (Å²) in [5.74, 6) is 0. The van der Waals surface area contributed by atoms with E-state index in [4.69, 9.17) is 0 Å². The van der Waals surface area contributed by atoms with Crippen molar-refractivity contribution in [2.24, 2.45) is 0 Å². The Morgan fingerprint density at radius 2 is 1.42 bits per heavy atom. The second-order valence-electron chi connectivity index (χ2n) is 8.34. The molecule has 0 radical (unpaired) electrons. The van der Waals surface area contributed by atoms with E-state index < -0.39 is 0 Å². The molecular formula is C31H24N2. The first-order chi connectivity index (χ1) is 16.3. The monoisotopic (exact) mass is 424 g/mol. The summed E-state index contributed by atoms with van der Waals surface area (Å²) in [5, 5.41) is 3.75. The maximum Gasteiger partial charge on any atom is 0.0541 e. The van der Waals surface area contributed by atoms with Crippen LogP contribution in [0.2, 0.25) is 0 Å². The van der Waals surface area contributed by atoms with Gasteiger partial charge >= 0.3 is 0 Å². The van der Waals surface area contributed by atoms with Gasteiger partial charge in [0.2, 0.25) is 0 Å². The maximum atomic E-state index is 3.97. The van der Waals surface area contributed by atoms with Gasteiger partial charge in [-0.2, -0.15) is 0 Å². The molecule has 0 aliphatic carbocycles. The van der Waals surface area contributed by atoms with Gasteiger partial charge in [0.25, 0.3) is 0 Å². The van der Waals surface area contributed by atoms with Crippen LogP contribution in [0.25, 0.3) is 61.7 Å². The second kappa shape index (κ2) is 7.68. The number of aromatic amines is 1. The van der Waals surface area contributed by atoms with Gasteiger partial charge in [0.05, 0.1) is 11.0 Å². The first-order valence-electron chi connectivity index (χ1n) is 11.3. The summed E-state index contributed by atoms with van der Waals surface area (Å²) < 4.78 is 2.35. The second-order valence-corrected chi connectivity index (χ2v) is 8.34. The molecule has 1 N–H and O–H groups in total. The number of aromatic nitrogens is 2. The summed E-state index contributed by atoms with van der Waals surface area (Å²) >= 11 is 0. The minimum absolute atomic E-state index is 1.06. The lowest BCUT2D eigenvalue weighted by atomic mass is 10.00. The van der Waals surface area contributed by atoms with Crippen LogP contribution in [0.1, 0.15) is 18.2 Å². The summed E-state index contributed by atoms with van der Waals surface area (Å²) in [5.41, 5.74) is 9.42. The molecule has 4 aromatic carbocycles. The van der Waals surface area contributed by atoms with Crippen LogP contribution in [0.3, 0.4) is 0 Å². The Morgan fingerprint density at radius 1 is 0.727 bits per heavy atom. The largest absolute Gasteiger partial charge is 0.355 e. The number of H-pyrrole nitrogens is 1. The molecule has 2 heterocycles. The van der Waals surface area contributed by atoms with Gasteiger partial charge in [-0.05, 0) is 66.6 Å². The van der Waals surface area contributed by atoms with Crippen LogP contribution in [0, 0.1) is 0 Å². The molecule has 2 aromatic heterocycles. The number of para-hydroxylation sites is 2. The van der Waals surface area contributed by atoms with Crippen LogP contribution in [0.5, 0.6) is 0 Å². The topological polar surface area (TPSA) is 20.7 Å². The zero-order chi connectivity index (χ0) is 22.4. The van der Waals surface area contributed by atoms with E-state index in [0.29, 0.717) is 0 Å². The van der Waals surface area contributed by atoms with Crippen LogP contribution < -0.4 is 0 Å². The van der Waals surface area contributed by atoms with Crippen LogP contribution >= 0.6 is 0 Å². The third-order valence-corrected chi connectivity index (χ3v) is 6.43. The fourth-order valence-corrected chi connectivity index (χ4v) is 4.93. The highest BCUT2D eigenvalue weighted by Crippen LogP contribution is 2.36. The van der Waals surface area contributed by atoms with Crippen molar-refractivity contribution in [2.75, 3.05) is 0 Å². The van der Waals surface area contributed by atoms with Crippen molar-refractivity contribution in [3.8, 4) is 16.8 Å². The molecule has 0 atom stereocenters. The van der Waals surface area contributed by atoms with Crippen molar-refractivity contribution in [3.05, 3.63) is 115 Å². The number of hydrogen-bond acceptors (Lipinski definition) is 0. The van der Waals surface area contributed by atoms with Crippen molar-refractivity contribution in [1.29, 1.82) is 0 Å². The molecule has 0 saturated carbocycles. The highest BCUT2D eigenvalue weighted by atomic mass is 15.0. The first-order valence-corrected chi connectivity index (χ1v) is 11.3. The molecule has 0 spiro atoms. The molecule has 33 heavy (non-hydrogen) atoms. The van der Waals surface area contributed by atoms with Gasteiger partial charge in [0.1, 0.15) is 0 Å². The van der Waals surface area contributed by atoms with Crippen molar-refractivity contribution in [3.63, 3.8) is 0 Å². The maximum absolute atomic E-state index is 3.97. The average Bonchev–Trinajstić information content (AvgIpc) is 3.39. The first kappa shape index (κ1) is 19.4. The van der Waals surface area contributed by atoms with Crippen LogP contribution in [-0.4, -0.2) is 9.55 Å². The molecule has 0 aliphatic rings. The zero-order valence-corrected chi connectivity index (χ0v) is 18.5. The predicted molar refractivity (Wildman–Crippen MR) is 143 cm³/mol. The van der Waals surface area contributed by atoms with E-state index in [1.807, 2.05) is 13.0 Å². The number of fused-ring (bicyclic) bond motifs is 4. The van der Waals surface area contributed by atoms with Gasteiger partial charge in [-0.3, -0.25) is 0 Å². The van der Waals surface area contributed by atoms with Gasteiger partial charge in [-0.15, -0.1) is 0 Å². The van der Waals surface area contributed by atoms with Gasteiger partial charge in [0.15, 0.2) is 0 Å². The Morgan fingerprint density at radius 3 is 2.21 bits per heavy atom. The summed E-state index contributed by atoms with van der Waals surface area (Å²) in [6, 6.07) is 32.7. The lowest BCUT2D eigenvalue weighted by molar-refractivity contribution is 1.18. The highest BCUT2D eigenvalue weighted by molar-refractivity contribution is 6.10. The normalized spacial score (nSPS) is 11.8. The minimum atomic E-state index is 1.06. The molecule has 2 nitrogen and oxygen atoms in total. The van der Waals surface area contributed by atoms with Crippen molar-refractivity contribution in [2.45, 2.75) is 6.92 Å². The molecule has 0 amide bonds. The molecule has 0 aliphatic heterocycles. The summed E-state index contributed by atoms with van der Waals surface area (Å²) in [7, 11) is 0. The fourth-order valence-electron chi connectivity index (χ4n) is 4.93. The number of nitrogens with one attached hydrogen (secondary N) is 1. The SMILES string of the molecule is C=Cc1[nH]c2ccc(-c3ccc4c(c3)c3ccccc3n4-c3ccccc3)cc2c1/C=C\C. The summed E-state index contributed by atoms with van der Waals surface area (Å²) in [6.45, 7) is 6.02. The predicted octanol–water partition coefficient (Wildman–Crippen LogP) is 8.61. The minimum Gasteiger partial charge on any atom is -0.355 e. The lowest BCUT2D eigenvalue weighted by Crippen LogP contribution is -1.92. The number of hydrogen-bond donors (Lipinski definition) is 1. The Labute approximate surface area is 193 Å². The quantitative estimate of drug-likeness (QED) is 0.292. The molecule has 158 valence electrons. The Balaban J connectivity index is 1.59. The molecule has 0 unspecified atom stereocenters. The standard InChI is InChI=1S/C31H24N2/c1-3-10-24-26-19-21(15-17-29(26)32-28(24)4-2)22-16-18-31-27(20-22)25-13-8-9-14-30(25)33(31)23-11-6-5-7-12-23/h3-20,32H,2H2,1H3/b10-3-. The number of rotatable bonds is 4. The van der Waals surface area contributed by atoms with Crippen LogP contribution in [-0.2, 0) is 0 Å². The van der Waals surface area contributed by atoms with Crippen molar-refractivity contribution in [1.82, 2.24) is 9.55 Å². The molecule has 0 bridgehead atoms. The molecule has 6 aromatic rings. The van der Waals surface area contributed by atoms with Crippen LogP contribution in [0.15, 0.2) is 104 Å².